The summed E-state index contributed by atoms with van der Waals surface area (Å²) in [6, 6.07) is 0. The highest BCUT2D eigenvalue weighted by Gasteiger charge is 2.10. The van der Waals surface area contributed by atoms with Gasteiger partial charge in [-0.1, -0.05) is 11.8 Å². The van der Waals surface area contributed by atoms with Crippen molar-refractivity contribution in [3.05, 3.63) is 0 Å². The summed E-state index contributed by atoms with van der Waals surface area (Å²) in [7, 11) is 5.33. The fourth-order valence-electron chi connectivity index (χ4n) is 0.905. The number of thioether (sulfide) groups is 1. The Morgan fingerprint density at radius 3 is 2.94 bits per heavy atom. The minimum atomic E-state index is -0.359. The first-order valence-corrected chi connectivity index (χ1v) is 5.72. The van der Waals surface area contributed by atoms with E-state index in [1.54, 1.807) is 0 Å². The van der Waals surface area contributed by atoms with Crippen LogP contribution in [0.4, 0.5) is 0 Å². The van der Waals surface area contributed by atoms with Gasteiger partial charge < -0.3 is 9.64 Å². The SMILES string of the molecule is COC(=O)Cn1nnnc1SCCN(C)C. The highest BCUT2D eigenvalue weighted by Crippen LogP contribution is 2.12. The molecule has 0 aliphatic heterocycles. The fraction of sp³-hybridized carbons (Fsp3) is 0.750. The van der Waals surface area contributed by atoms with Gasteiger partial charge >= 0.3 is 5.97 Å². The average molecular weight is 245 g/mol. The van der Waals surface area contributed by atoms with Crippen LogP contribution in [0.3, 0.4) is 0 Å². The van der Waals surface area contributed by atoms with Crippen molar-refractivity contribution in [1.29, 1.82) is 0 Å². The molecule has 1 rings (SSSR count). The Bertz CT molecular complexity index is 341. The molecule has 8 heteroatoms. The van der Waals surface area contributed by atoms with Crippen LogP contribution in [0.2, 0.25) is 0 Å². The molecule has 0 fully saturated rings. The molecule has 0 N–H and O–H groups in total. The van der Waals surface area contributed by atoms with E-state index in [0.717, 1.165) is 12.3 Å². The number of ether oxygens (including phenoxy) is 1. The van der Waals surface area contributed by atoms with Crippen LogP contribution in [-0.4, -0.2) is 64.6 Å². The molecule has 0 saturated carbocycles. The summed E-state index contributed by atoms with van der Waals surface area (Å²) in [4.78, 5) is 13.1. The highest BCUT2D eigenvalue weighted by atomic mass is 32.2. The van der Waals surface area contributed by atoms with Crippen molar-refractivity contribution >= 4 is 17.7 Å². The molecular formula is C8H15N5O2S. The summed E-state index contributed by atoms with van der Waals surface area (Å²) in [5.74, 6) is 0.510. The second kappa shape index (κ2) is 6.44. The van der Waals surface area contributed by atoms with Gasteiger partial charge in [0.25, 0.3) is 0 Å². The normalized spacial score (nSPS) is 10.8. The Morgan fingerprint density at radius 1 is 1.56 bits per heavy atom. The van der Waals surface area contributed by atoms with Gasteiger partial charge in [-0.2, -0.15) is 0 Å². The van der Waals surface area contributed by atoms with Gasteiger partial charge in [0.15, 0.2) is 0 Å². The molecule has 1 aromatic rings. The predicted molar refractivity (Wildman–Crippen MR) is 59.1 cm³/mol. The number of carbonyl (C=O) groups excluding carboxylic acids is 1. The first-order valence-electron chi connectivity index (χ1n) is 4.74. The van der Waals surface area contributed by atoms with Crippen LogP contribution in [0, 0.1) is 0 Å². The maximum atomic E-state index is 11.1. The molecule has 16 heavy (non-hydrogen) atoms. The zero-order chi connectivity index (χ0) is 12.0. The second-order valence-electron chi connectivity index (χ2n) is 3.35. The van der Waals surface area contributed by atoms with Gasteiger partial charge in [0, 0.05) is 12.3 Å². The average Bonchev–Trinajstić information content (AvgIpc) is 2.65. The van der Waals surface area contributed by atoms with E-state index in [4.69, 9.17) is 0 Å². The van der Waals surface area contributed by atoms with E-state index in [1.165, 1.54) is 23.6 Å². The number of esters is 1. The van der Waals surface area contributed by atoms with Crippen LogP contribution in [0.25, 0.3) is 0 Å². The van der Waals surface area contributed by atoms with Crippen molar-refractivity contribution in [2.75, 3.05) is 33.5 Å². The molecule has 0 aliphatic carbocycles. The number of nitrogens with zero attached hydrogens (tertiary/aromatic N) is 5. The van der Waals surface area contributed by atoms with E-state index in [1.807, 2.05) is 14.1 Å². The number of tetrazole rings is 1. The minimum Gasteiger partial charge on any atom is -0.468 e. The molecular weight excluding hydrogens is 230 g/mol. The van der Waals surface area contributed by atoms with Crippen molar-refractivity contribution in [2.45, 2.75) is 11.7 Å². The first kappa shape index (κ1) is 12.9. The summed E-state index contributed by atoms with van der Waals surface area (Å²) in [5, 5.41) is 11.7. The molecule has 0 bridgehead atoms. The molecule has 1 aromatic heterocycles. The van der Waals surface area contributed by atoms with Crippen molar-refractivity contribution in [3.8, 4) is 0 Å². The molecule has 0 aliphatic rings. The third kappa shape index (κ3) is 4.15. The lowest BCUT2D eigenvalue weighted by atomic mass is 10.7. The topological polar surface area (TPSA) is 73.1 Å². The van der Waals surface area contributed by atoms with Crippen LogP contribution in [0.15, 0.2) is 5.16 Å². The van der Waals surface area contributed by atoms with Gasteiger partial charge in [-0.25, -0.2) is 4.68 Å². The number of hydrogen-bond acceptors (Lipinski definition) is 7. The molecule has 0 saturated heterocycles. The minimum absolute atomic E-state index is 0.0494. The fourth-order valence-corrected chi connectivity index (χ4v) is 1.89. The Morgan fingerprint density at radius 2 is 2.31 bits per heavy atom. The van der Waals surface area contributed by atoms with Gasteiger partial charge in [-0.15, -0.1) is 5.10 Å². The van der Waals surface area contributed by atoms with Crippen LogP contribution in [0.1, 0.15) is 0 Å². The monoisotopic (exact) mass is 245 g/mol. The lowest BCUT2D eigenvalue weighted by molar-refractivity contribution is -0.141. The van der Waals surface area contributed by atoms with Gasteiger partial charge in [0.1, 0.15) is 6.54 Å². The van der Waals surface area contributed by atoms with Crippen LogP contribution < -0.4 is 0 Å². The predicted octanol–water partition coefficient (Wildman–Crippen LogP) is -0.500. The standard InChI is InChI=1S/C8H15N5O2S/c1-12(2)4-5-16-8-9-10-11-13(8)6-7(14)15-3/h4-6H2,1-3H3. The highest BCUT2D eigenvalue weighted by molar-refractivity contribution is 7.99. The molecule has 90 valence electrons. The molecule has 7 nitrogen and oxygen atoms in total. The summed E-state index contributed by atoms with van der Waals surface area (Å²) < 4.78 is 5.99. The number of hydrogen-bond donors (Lipinski definition) is 0. The van der Waals surface area contributed by atoms with Crippen molar-refractivity contribution in [3.63, 3.8) is 0 Å². The van der Waals surface area contributed by atoms with E-state index < -0.39 is 0 Å². The Hall–Kier alpha value is -1.15. The number of methoxy groups -OCH3 is 1. The van der Waals surface area contributed by atoms with Crippen molar-refractivity contribution in [2.24, 2.45) is 0 Å². The lowest BCUT2D eigenvalue weighted by Gasteiger charge is -2.08. The lowest BCUT2D eigenvalue weighted by Crippen LogP contribution is -2.16. The number of aromatic nitrogens is 4. The van der Waals surface area contributed by atoms with Gasteiger partial charge in [-0.3, -0.25) is 4.79 Å². The maximum Gasteiger partial charge on any atom is 0.327 e. The molecule has 0 atom stereocenters. The van der Waals surface area contributed by atoms with Gasteiger partial charge in [0.05, 0.1) is 7.11 Å². The summed E-state index contributed by atoms with van der Waals surface area (Å²) >= 11 is 1.51. The van der Waals surface area contributed by atoms with Crippen LogP contribution in [0.5, 0.6) is 0 Å². The largest absolute Gasteiger partial charge is 0.468 e. The zero-order valence-corrected chi connectivity index (χ0v) is 10.4. The summed E-state index contributed by atoms with van der Waals surface area (Å²) in [5.41, 5.74) is 0. The molecule has 0 radical (unpaired) electrons. The smallest absolute Gasteiger partial charge is 0.327 e. The zero-order valence-electron chi connectivity index (χ0n) is 9.58. The van der Waals surface area contributed by atoms with Crippen LogP contribution >= 0.6 is 11.8 Å². The third-order valence-electron chi connectivity index (χ3n) is 1.78. The Labute approximate surface area is 98.1 Å². The van der Waals surface area contributed by atoms with Crippen molar-refractivity contribution in [1.82, 2.24) is 25.1 Å². The number of carbonyl (C=O) groups is 1. The Balaban J connectivity index is 2.47. The van der Waals surface area contributed by atoms with E-state index in [-0.39, 0.29) is 12.5 Å². The van der Waals surface area contributed by atoms with Crippen molar-refractivity contribution < 1.29 is 9.53 Å². The van der Waals surface area contributed by atoms with E-state index in [0.29, 0.717) is 5.16 Å². The second-order valence-corrected chi connectivity index (χ2v) is 4.41. The summed E-state index contributed by atoms with van der Waals surface area (Å²) in [6.07, 6.45) is 0. The third-order valence-corrected chi connectivity index (χ3v) is 2.71. The van der Waals surface area contributed by atoms with Gasteiger partial charge in [-0.05, 0) is 24.5 Å². The maximum absolute atomic E-state index is 11.1. The molecule has 0 aromatic carbocycles. The van der Waals surface area contributed by atoms with E-state index in [9.17, 15) is 4.79 Å². The van der Waals surface area contributed by atoms with E-state index >= 15 is 0 Å². The Kier molecular flexibility index (Phi) is 5.20. The summed E-state index contributed by atoms with van der Waals surface area (Å²) in [6.45, 7) is 0.976. The van der Waals surface area contributed by atoms with Gasteiger partial charge in [0.2, 0.25) is 5.16 Å². The molecule has 0 amide bonds. The quantitative estimate of drug-likeness (QED) is 0.494. The van der Waals surface area contributed by atoms with E-state index in [2.05, 4.69) is 25.2 Å². The molecule has 1 heterocycles. The first-order chi connectivity index (χ1) is 7.63. The molecule has 0 unspecified atom stereocenters. The number of rotatable bonds is 6. The molecule has 0 spiro atoms. The van der Waals surface area contributed by atoms with Crippen LogP contribution in [-0.2, 0) is 16.1 Å².